The maximum absolute atomic E-state index is 11.0. The molecular formula is C9H12N4O. The first-order valence-electron chi connectivity index (χ1n) is 4.35. The summed E-state index contributed by atoms with van der Waals surface area (Å²) in [6.07, 6.45) is -0.210. The maximum Gasteiger partial charge on any atom is 0.323 e. The van der Waals surface area contributed by atoms with Gasteiger partial charge in [0.25, 0.3) is 0 Å². The Balaban J connectivity index is 2.55. The second kappa shape index (κ2) is 3.28. The van der Waals surface area contributed by atoms with Crippen LogP contribution >= 0.6 is 0 Å². The van der Waals surface area contributed by atoms with E-state index in [1.165, 1.54) is 0 Å². The third kappa shape index (κ3) is 1.43. The van der Waals surface area contributed by atoms with Gasteiger partial charge in [0.2, 0.25) is 0 Å². The molecule has 5 N–H and O–H groups in total. The van der Waals surface area contributed by atoms with Gasteiger partial charge in [0.05, 0.1) is 17.2 Å². The number of nitrogens with one attached hydrogen (secondary N) is 3. The smallest absolute Gasteiger partial charge is 0.312 e. The Morgan fingerprint density at radius 3 is 2.79 bits per heavy atom. The zero-order chi connectivity index (χ0) is 10.1. The number of H-pyrrole nitrogens is 2. The van der Waals surface area contributed by atoms with Gasteiger partial charge < -0.3 is 21.0 Å². The molecule has 0 fully saturated rings. The van der Waals surface area contributed by atoms with E-state index in [1.54, 1.807) is 7.05 Å². The first-order chi connectivity index (χ1) is 6.70. The normalized spacial score (nSPS) is 13.3. The number of fused-ring (bicyclic) bond motifs is 1. The SMILES string of the molecule is CNC(N)c1ccc2[nH]c(=O)[nH]c2c1. The van der Waals surface area contributed by atoms with Gasteiger partial charge in [-0.15, -0.1) is 0 Å². The summed E-state index contributed by atoms with van der Waals surface area (Å²) in [5.41, 5.74) is 8.09. The molecule has 14 heavy (non-hydrogen) atoms. The highest BCUT2D eigenvalue weighted by Gasteiger charge is 2.04. The Morgan fingerprint density at radius 2 is 2.07 bits per heavy atom. The summed E-state index contributed by atoms with van der Waals surface area (Å²) in [6, 6.07) is 5.57. The van der Waals surface area contributed by atoms with E-state index in [4.69, 9.17) is 5.73 Å². The number of aromatic nitrogens is 2. The van der Waals surface area contributed by atoms with E-state index in [0.29, 0.717) is 0 Å². The van der Waals surface area contributed by atoms with Crippen molar-refractivity contribution in [1.29, 1.82) is 0 Å². The van der Waals surface area contributed by atoms with Crippen molar-refractivity contribution in [3.05, 3.63) is 34.2 Å². The van der Waals surface area contributed by atoms with Crippen molar-refractivity contribution in [2.45, 2.75) is 6.17 Å². The van der Waals surface area contributed by atoms with Gasteiger partial charge in [0.15, 0.2) is 0 Å². The molecule has 5 heteroatoms. The zero-order valence-corrected chi connectivity index (χ0v) is 7.79. The molecule has 0 saturated heterocycles. The van der Waals surface area contributed by atoms with Gasteiger partial charge in [0, 0.05) is 0 Å². The van der Waals surface area contributed by atoms with Gasteiger partial charge in [0.1, 0.15) is 0 Å². The average Bonchev–Trinajstić information content (AvgIpc) is 2.55. The van der Waals surface area contributed by atoms with Crippen molar-refractivity contribution < 1.29 is 0 Å². The molecule has 1 unspecified atom stereocenters. The van der Waals surface area contributed by atoms with Crippen LogP contribution in [0.5, 0.6) is 0 Å². The molecule has 1 heterocycles. The predicted octanol–water partition coefficient (Wildman–Crippen LogP) is 0.0329. The van der Waals surface area contributed by atoms with Crippen LogP contribution in [0.4, 0.5) is 0 Å². The number of rotatable bonds is 2. The predicted molar refractivity (Wildman–Crippen MR) is 54.9 cm³/mol. The standard InChI is InChI=1S/C9H12N4O/c1-11-8(10)5-2-3-6-7(4-5)13-9(14)12-6/h2-4,8,11H,10H2,1H3,(H2,12,13,14). The lowest BCUT2D eigenvalue weighted by Crippen LogP contribution is -2.24. The Hall–Kier alpha value is -1.59. The second-order valence-electron chi connectivity index (χ2n) is 3.15. The molecule has 74 valence electrons. The molecule has 0 aliphatic carbocycles. The molecule has 1 aromatic carbocycles. The lowest BCUT2D eigenvalue weighted by molar-refractivity contribution is 0.623. The molecule has 0 aliphatic heterocycles. The molecule has 2 rings (SSSR count). The molecular weight excluding hydrogens is 180 g/mol. The molecule has 5 nitrogen and oxygen atoms in total. The van der Waals surface area contributed by atoms with E-state index >= 15 is 0 Å². The largest absolute Gasteiger partial charge is 0.323 e. The molecule has 1 atom stereocenters. The van der Waals surface area contributed by atoms with Crippen molar-refractivity contribution in [3.8, 4) is 0 Å². The number of aromatic amines is 2. The molecule has 0 aliphatic rings. The number of benzene rings is 1. The Bertz CT molecular complexity index is 499. The topological polar surface area (TPSA) is 86.7 Å². The third-order valence-electron chi connectivity index (χ3n) is 2.21. The quantitative estimate of drug-likeness (QED) is 0.506. The van der Waals surface area contributed by atoms with Crippen LogP contribution in [-0.2, 0) is 0 Å². The van der Waals surface area contributed by atoms with Gasteiger partial charge in [-0.25, -0.2) is 4.79 Å². The summed E-state index contributed by atoms with van der Waals surface area (Å²) in [6.45, 7) is 0. The fraction of sp³-hybridized carbons (Fsp3) is 0.222. The summed E-state index contributed by atoms with van der Waals surface area (Å²) in [5, 5.41) is 2.93. The van der Waals surface area contributed by atoms with Crippen LogP contribution in [-0.4, -0.2) is 17.0 Å². The summed E-state index contributed by atoms with van der Waals surface area (Å²) < 4.78 is 0. The molecule has 0 bridgehead atoms. The molecule has 0 radical (unpaired) electrons. The number of hydrogen-bond donors (Lipinski definition) is 4. The van der Waals surface area contributed by atoms with E-state index in [-0.39, 0.29) is 11.9 Å². The van der Waals surface area contributed by atoms with Crippen molar-refractivity contribution in [2.24, 2.45) is 5.73 Å². The minimum atomic E-state index is -0.210. The lowest BCUT2D eigenvalue weighted by atomic mass is 10.1. The van der Waals surface area contributed by atoms with Crippen LogP contribution in [0.15, 0.2) is 23.0 Å². The van der Waals surface area contributed by atoms with E-state index in [9.17, 15) is 4.79 Å². The van der Waals surface area contributed by atoms with Crippen molar-refractivity contribution in [2.75, 3.05) is 7.05 Å². The Morgan fingerprint density at radius 1 is 1.36 bits per heavy atom. The molecule has 2 aromatic rings. The van der Waals surface area contributed by atoms with Crippen molar-refractivity contribution in [1.82, 2.24) is 15.3 Å². The number of imidazole rings is 1. The highest BCUT2D eigenvalue weighted by Crippen LogP contribution is 2.13. The van der Waals surface area contributed by atoms with Gasteiger partial charge in [-0.2, -0.15) is 0 Å². The van der Waals surface area contributed by atoms with Gasteiger partial charge >= 0.3 is 5.69 Å². The van der Waals surface area contributed by atoms with Crippen LogP contribution in [0.1, 0.15) is 11.7 Å². The minimum Gasteiger partial charge on any atom is -0.312 e. The van der Waals surface area contributed by atoms with Crippen molar-refractivity contribution >= 4 is 11.0 Å². The Labute approximate surface area is 80.3 Å². The number of hydrogen-bond acceptors (Lipinski definition) is 3. The van der Waals surface area contributed by atoms with Gasteiger partial charge in [-0.3, -0.25) is 0 Å². The molecule has 0 spiro atoms. The monoisotopic (exact) mass is 192 g/mol. The molecule has 0 amide bonds. The molecule has 1 aromatic heterocycles. The van der Waals surface area contributed by atoms with E-state index in [1.807, 2.05) is 18.2 Å². The minimum absolute atomic E-state index is 0.199. The summed E-state index contributed by atoms with van der Waals surface area (Å²) in [5.74, 6) is 0. The lowest BCUT2D eigenvalue weighted by Gasteiger charge is -2.09. The third-order valence-corrected chi connectivity index (χ3v) is 2.21. The first kappa shape index (κ1) is 8.98. The maximum atomic E-state index is 11.0. The van der Waals surface area contributed by atoms with Crippen LogP contribution in [0, 0.1) is 0 Å². The number of nitrogens with two attached hydrogens (primary N) is 1. The van der Waals surface area contributed by atoms with Crippen LogP contribution < -0.4 is 16.7 Å². The second-order valence-corrected chi connectivity index (χ2v) is 3.15. The fourth-order valence-electron chi connectivity index (χ4n) is 1.41. The zero-order valence-electron chi connectivity index (χ0n) is 7.79. The van der Waals surface area contributed by atoms with E-state index in [2.05, 4.69) is 15.3 Å². The summed E-state index contributed by atoms with van der Waals surface area (Å²) >= 11 is 0. The fourth-order valence-corrected chi connectivity index (χ4v) is 1.41. The van der Waals surface area contributed by atoms with Crippen LogP contribution in [0.2, 0.25) is 0 Å². The average molecular weight is 192 g/mol. The van der Waals surface area contributed by atoms with Crippen molar-refractivity contribution in [3.63, 3.8) is 0 Å². The van der Waals surface area contributed by atoms with E-state index < -0.39 is 0 Å². The van der Waals surface area contributed by atoms with Gasteiger partial charge in [-0.1, -0.05) is 6.07 Å². The first-order valence-corrected chi connectivity index (χ1v) is 4.35. The van der Waals surface area contributed by atoms with Gasteiger partial charge in [-0.05, 0) is 24.7 Å². The highest BCUT2D eigenvalue weighted by molar-refractivity contribution is 5.75. The van der Waals surface area contributed by atoms with Crippen LogP contribution in [0.3, 0.4) is 0 Å². The summed E-state index contributed by atoms with van der Waals surface area (Å²) in [4.78, 5) is 16.3. The van der Waals surface area contributed by atoms with E-state index in [0.717, 1.165) is 16.6 Å². The summed E-state index contributed by atoms with van der Waals surface area (Å²) in [7, 11) is 1.79. The Kier molecular flexibility index (Phi) is 2.11. The highest BCUT2D eigenvalue weighted by atomic mass is 16.1. The molecule has 0 saturated carbocycles. The van der Waals surface area contributed by atoms with Crippen LogP contribution in [0.25, 0.3) is 11.0 Å².